The van der Waals surface area contributed by atoms with E-state index < -0.39 is 5.97 Å². The number of ketones is 1. The molecule has 184 valence electrons. The first-order valence-electron chi connectivity index (χ1n) is 11.7. The molecule has 4 rings (SSSR count). The quantitative estimate of drug-likeness (QED) is 0.266. The summed E-state index contributed by atoms with van der Waals surface area (Å²) in [6.45, 7) is 5.62. The fourth-order valence-electron chi connectivity index (χ4n) is 4.22. The first-order valence-corrected chi connectivity index (χ1v) is 11.7. The molecule has 4 aromatic rings. The summed E-state index contributed by atoms with van der Waals surface area (Å²) in [5.74, 6) is -0.618. The van der Waals surface area contributed by atoms with E-state index in [0.29, 0.717) is 34.6 Å². The summed E-state index contributed by atoms with van der Waals surface area (Å²) in [7, 11) is 0. The van der Waals surface area contributed by atoms with E-state index >= 15 is 0 Å². The SMILES string of the molecule is CC(=O)CCNc1c(-c2ccccc2)oc2c(C(C)Nc3ccccc3C(=O)O)cc(C)cc2c1=O. The fraction of sp³-hybridized carbons (Fsp3) is 0.207. The van der Waals surface area contributed by atoms with E-state index in [1.165, 1.54) is 6.92 Å². The summed E-state index contributed by atoms with van der Waals surface area (Å²) < 4.78 is 6.44. The number of aromatic carboxylic acids is 1. The summed E-state index contributed by atoms with van der Waals surface area (Å²) in [4.78, 5) is 36.9. The Bertz CT molecular complexity index is 1490. The molecule has 7 nitrogen and oxygen atoms in total. The van der Waals surface area contributed by atoms with Crippen LogP contribution < -0.4 is 16.1 Å². The molecule has 0 aliphatic heterocycles. The summed E-state index contributed by atoms with van der Waals surface area (Å²) in [5.41, 5.74) is 3.47. The van der Waals surface area contributed by atoms with E-state index in [-0.39, 0.29) is 29.2 Å². The van der Waals surface area contributed by atoms with E-state index in [4.69, 9.17) is 4.42 Å². The number of hydrogen-bond donors (Lipinski definition) is 3. The minimum Gasteiger partial charge on any atom is -0.478 e. The molecule has 0 fully saturated rings. The highest BCUT2D eigenvalue weighted by Gasteiger charge is 2.21. The number of carbonyl (C=O) groups excluding carboxylic acids is 1. The molecule has 0 spiro atoms. The summed E-state index contributed by atoms with van der Waals surface area (Å²) in [6.07, 6.45) is 0.286. The monoisotopic (exact) mass is 484 g/mol. The molecule has 0 radical (unpaired) electrons. The molecular weight excluding hydrogens is 456 g/mol. The fourth-order valence-corrected chi connectivity index (χ4v) is 4.22. The molecule has 1 heterocycles. The van der Waals surface area contributed by atoms with Crippen molar-refractivity contribution in [2.75, 3.05) is 17.2 Å². The maximum absolute atomic E-state index is 13.7. The molecule has 0 saturated carbocycles. The topological polar surface area (TPSA) is 109 Å². The minimum absolute atomic E-state index is 0.0219. The molecule has 0 bridgehead atoms. The van der Waals surface area contributed by atoms with Crippen molar-refractivity contribution in [1.82, 2.24) is 0 Å². The van der Waals surface area contributed by atoms with E-state index in [9.17, 15) is 19.5 Å². The Morgan fingerprint density at radius 2 is 1.72 bits per heavy atom. The Hall–Kier alpha value is -4.39. The number of anilines is 2. The largest absolute Gasteiger partial charge is 0.478 e. The zero-order valence-corrected chi connectivity index (χ0v) is 20.4. The van der Waals surface area contributed by atoms with Crippen LogP contribution >= 0.6 is 0 Å². The number of Topliss-reactive ketones (excluding diaryl/α,β-unsaturated/α-hetero) is 1. The number of carbonyl (C=O) groups is 2. The van der Waals surface area contributed by atoms with Gasteiger partial charge in [0, 0.05) is 29.8 Å². The smallest absolute Gasteiger partial charge is 0.337 e. The van der Waals surface area contributed by atoms with Crippen molar-refractivity contribution in [3.8, 4) is 11.3 Å². The van der Waals surface area contributed by atoms with Gasteiger partial charge in [-0.3, -0.25) is 9.59 Å². The van der Waals surface area contributed by atoms with E-state index in [0.717, 1.165) is 16.7 Å². The van der Waals surface area contributed by atoms with Crippen LogP contribution in [-0.4, -0.2) is 23.4 Å². The van der Waals surface area contributed by atoms with Crippen LogP contribution in [0, 0.1) is 6.92 Å². The first kappa shape index (κ1) is 24.7. The summed E-state index contributed by atoms with van der Waals surface area (Å²) in [5, 5.41) is 16.4. The van der Waals surface area contributed by atoms with Gasteiger partial charge in [-0.25, -0.2) is 4.79 Å². The molecule has 0 saturated heterocycles. The number of para-hydroxylation sites is 1. The highest BCUT2D eigenvalue weighted by Crippen LogP contribution is 2.34. The first-order chi connectivity index (χ1) is 17.3. The molecule has 3 aromatic carbocycles. The van der Waals surface area contributed by atoms with Gasteiger partial charge in [-0.1, -0.05) is 48.5 Å². The molecule has 7 heteroatoms. The number of benzene rings is 3. The molecule has 3 N–H and O–H groups in total. The van der Waals surface area contributed by atoms with Crippen molar-refractivity contribution in [2.45, 2.75) is 33.2 Å². The molecule has 36 heavy (non-hydrogen) atoms. The lowest BCUT2D eigenvalue weighted by Crippen LogP contribution is -2.17. The number of hydrogen-bond acceptors (Lipinski definition) is 6. The molecule has 1 atom stereocenters. The second-order valence-electron chi connectivity index (χ2n) is 8.83. The Balaban J connectivity index is 1.88. The van der Waals surface area contributed by atoms with Crippen molar-refractivity contribution in [3.63, 3.8) is 0 Å². The minimum atomic E-state index is -1.03. The van der Waals surface area contributed by atoms with Crippen LogP contribution in [0.15, 0.2) is 75.9 Å². The zero-order valence-electron chi connectivity index (χ0n) is 20.4. The van der Waals surface area contributed by atoms with Crippen LogP contribution in [0.4, 0.5) is 11.4 Å². The van der Waals surface area contributed by atoms with Crippen LogP contribution in [0.5, 0.6) is 0 Å². The lowest BCUT2D eigenvalue weighted by molar-refractivity contribution is -0.116. The molecular formula is C29H28N2O5. The maximum atomic E-state index is 13.7. The predicted molar refractivity (Wildman–Crippen MR) is 142 cm³/mol. The van der Waals surface area contributed by atoms with Crippen molar-refractivity contribution < 1.29 is 19.1 Å². The molecule has 1 unspecified atom stereocenters. The highest BCUT2D eigenvalue weighted by molar-refractivity contribution is 5.94. The third kappa shape index (κ3) is 5.15. The number of rotatable bonds is 9. The zero-order chi connectivity index (χ0) is 25.8. The molecule has 1 aromatic heterocycles. The van der Waals surface area contributed by atoms with Gasteiger partial charge in [-0.15, -0.1) is 0 Å². The van der Waals surface area contributed by atoms with Gasteiger partial charge < -0.3 is 20.2 Å². The van der Waals surface area contributed by atoms with Crippen molar-refractivity contribution in [2.24, 2.45) is 0 Å². The van der Waals surface area contributed by atoms with Crippen LogP contribution in [0.25, 0.3) is 22.3 Å². The second kappa shape index (κ2) is 10.5. The molecule has 0 aliphatic carbocycles. The van der Waals surface area contributed by atoms with Gasteiger partial charge in [0.15, 0.2) is 5.76 Å². The lowest BCUT2D eigenvalue weighted by atomic mass is 9.99. The van der Waals surface area contributed by atoms with Crippen LogP contribution in [0.2, 0.25) is 0 Å². The number of nitrogens with one attached hydrogen (secondary N) is 2. The van der Waals surface area contributed by atoms with Gasteiger partial charge in [0.2, 0.25) is 5.43 Å². The van der Waals surface area contributed by atoms with Gasteiger partial charge in [-0.05, 0) is 44.5 Å². The third-order valence-electron chi connectivity index (χ3n) is 5.98. The Labute approximate surface area is 208 Å². The average molecular weight is 485 g/mol. The summed E-state index contributed by atoms with van der Waals surface area (Å²) >= 11 is 0. The molecule has 0 aliphatic rings. The van der Waals surface area contributed by atoms with Crippen molar-refractivity contribution >= 4 is 34.1 Å². The van der Waals surface area contributed by atoms with Gasteiger partial charge >= 0.3 is 5.97 Å². The van der Waals surface area contributed by atoms with E-state index in [1.807, 2.05) is 50.2 Å². The number of aryl methyl sites for hydroxylation is 1. The van der Waals surface area contributed by atoms with E-state index in [1.54, 1.807) is 30.3 Å². The second-order valence-corrected chi connectivity index (χ2v) is 8.83. The van der Waals surface area contributed by atoms with Gasteiger partial charge in [0.25, 0.3) is 0 Å². The van der Waals surface area contributed by atoms with Gasteiger partial charge in [0.05, 0.1) is 17.0 Å². The van der Waals surface area contributed by atoms with E-state index in [2.05, 4.69) is 10.6 Å². The van der Waals surface area contributed by atoms with Crippen LogP contribution in [0.3, 0.4) is 0 Å². The maximum Gasteiger partial charge on any atom is 0.337 e. The number of carboxylic acid groups (broad SMARTS) is 1. The van der Waals surface area contributed by atoms with Crippen molar-refractivity contribution in [3.05, 3.63) is 93.6 Å². The van der Waals surface area contributed by atoms with Crippen LogP contribution in [0.1, 0.15) is 47.8 Å². The van der Waals surface area contributed by atoms with Crippen molar-refractivity contribution in [1.29, 1.82) is 0 Å². The van der Waals surface area contributed by atoms with Gasteiger partial charge in [0.1, 0.15) is 17.1 Å². The highest BCUT2D eigenvalue weighted by atomic mass is 16.4. The molecule has 0 amide bonds. The standard InChI is InChI=1S/C29H28N2O5/c1-17-15-22(19(3)31-24-12-8-7-11-21(24)29(34)35)28-23(16-17)26(33)25(30-14-13-18(2)32)27(36-28)20-9-5-4-6-10-20/h4-12,15-16,19,30-31H,13-14H2,1-3H3,(H,34,35). The van der Waals surface area contributed by atoms with Crippen LogP contribution in [-0.2, 0) is 4.79 Å². The lowest BCUT2D eigenvalue weighted by Gasteiger charge is -2.20. The average Bonchev–Trinajstić information content (AvgIpc) is 2.85. The predicted octanol–water partition coefficient (Wildman–Crippen LogP) is 6.03. The summed E-state index contributed by atoms with van der Waals surface area (Å²) in [6, 6.07) is 19.4. The van der Waals surface area contributed by atoms with Gasteiger partial charge in [-0.2, -0.15) is 0 Å². The number of carboxylic acids is 1. The normalized spacial score (nSPS) is 11.8. The Kier molecular flexibility index (Phi) is 7.20. The Morgan fingerprint density at radius 1 is 1.03 bits per heavy atom. The third-order valence-corrected chi connectivity index (χ3v) is 5.98. The Morgan fingerprint density at radius 3 is 2.42 bits per heavy atom. The number of fused-ring (bicyclic) bond motifs is 1.